The highest BCUT2D eigenvalue weighted by atomic mass is 19.4. The number of halogens is 3. The monoisotopic (exact) mass is 496 g/mol. The van der Waals surface area contributed by atoms with E-state index in [2.05, 4.69) is 0 Å². The summed E-state index contributed by atoms with van der Waals surface area (Å²) in [5, 5.41) is 0. The maximum Gasteiger partial charge on any atom is 0.417 e. The molecular formula is C29H31F3N2O2. The number of nitrogens with zero attached hydrogens (tertiary/aromatic N) is 2. The van der Waals surface area contributed by atoms with Gasteiger partial charge in [-0.2, -0.15) is 13.2 Å². The van der Waals surface area contributed by atoms with Crippen molar-refractivity contribution >= 4 is 11.9 Å². The van der Waals surface area contributed by atoms with Crippen molar-refractivity contribution in [2.75, 3.05) is 41.3 Å². The molecule has 0 spiro atoms. The normalized spacial score (nSPS) is 12.0. The Morgan fingerprint density at radius 2 is 1.61 bits per heavy atom. The van der Waals surface area contributed by atoms with E-state index in [1.165, 1.54) is 18.2 Å². The predicted molar refractivity (Wildman–Crippen MR) is 138 cm³/mol. The molecule has 0 aromatic heterocycles. The molecule has 0 bridgehead atoms. The second-order valence-electron chi connectivity index (χ2n) is 9.04. The molecule has 36 heavy (non-hydrogen) atoms. The van der Waals surface area contributed by atoms with Crippen molar-refractivity contribution in [3.8, 4) is 16.9 Å². The lowest BCUT2D eigenvalue weighted by Crippen LogP contribution is -2.19. The van der Waals surface area contributed by atoms with Gasteiger partial charge in [-0.3, -0.25) is 4.79 Å². The summed E-state index contributed by atoms with van der Waals surface area (Å²) in [6.45, 7) is 1.67. The summed E-state index contributed by atoms with van der Waals surface area (Å²) in [5.41, 5.74) is 1.75. The minimum atomic E-state index is -4.49. The first-order valence-electron chi connectivity index (χ1n) is 11.6. The van der Waals surface area contributed by atoms with E-state index in [9.17, 15) is 18.0 Å². The number of ether oxygens (including phenoxy) is 1. The molecule has 0 unspecified atom stereocenters. The van der Waals surface area contributed by atoms with Crippen molar-refractivity contribution < 1.29 is 22.7 Å². The molecule has 0 saturated heterocycles. The summed E-state index contributed by atoms with van der Waals surface area (Å²) in [7, 11) is 7.70. The zero-order chi connectivity index (χ0) is 26.3. The minimum absolute atomic E-state index is 0.0714. The fourth-order valence-corrected chi connectivity index (χ4v) is 3.79. The van der Waals surface area contributed by atoms with Crippen LogP contribution in [0.15, 0.2) is 72.8 Å². The van der Waals surface area contributed by atoms with Gasteiger partial charge in [0.05, 0.1) is 5.56 Å². The highest BCUT2D eigenvalue weighted by molar-refractivity contribution is 6.08. The zero-order valence-electron chi connectivity index (χ0n) is 21.0. The summed E-state index contributed by atoms with van der Waals surface area (Å²) >= 11 is 0. The standard InChI is InChI=1S/C29H31F3N2O2/c1-33(2)17-18-36-28-16-14-21(24-10-7-8-12-26(24)29(30,31)32)19-22(28)13-15-27(35)25-11-6-5-9-23(25)20-34(3)4/h5-16,19H,17-18,20H2,1-4H3/b15-13+. The number of likely N-dealkylation sites (N-methyl/N-ethyl adjacent to an activating group) is 1. The van der Waals surface area contributed by atoms with Crippen LogP contribution in [0.4, 0.5) is 13.2 Å². The Morgan fingerprint density at radius 1 is 0.917 bits per heavy atom. The molecule has 0 aliphatic rings. The largest absolute Gasteiger partial charge is 0.492 e. The van der Waals surface area contributed by atoms with Crippen molar-refractivity contribution in [2.24, 2.45) is 0 Å². The van der Waals surface area contributed by atoms with Crippen LogP contribution in [0.2, 0.25) is 0 Å². The lowest BCUT2D eigenvalue weighted by atomic mass is 9.96. The number of hydrogen-bond donors (Lipinski definition) is 0. The minimum Gasteiger partial charge on any atom is -0.492 e. The first-order chi connectivity index (χ1) is 17.1. The van der Waals surface area contributed by atoms with Crippen LogP contribution in [0.5, 0.6) is 5.75 Å². The van der Waals surface area contributed by atoms with Gasteiger partial charge in [0, 0.05) is 24.2 Å². The highest BCUT2D eigenvalue weighted by Gasteiger charge is 2.33. The maximum absolute atomic E-state index is 13.6. The van der Waals surface area contributed by atoms with E-state index in [1.807, 2.05) is 56.2 Å². The Kier molecular flexibility index (Phi) is 9.07. The van der Waals surface area contributed by atoms with Crippen LogP contribution >= 0.6 is 0 Å². The lowest BCUT2D eigenvalue weighted by Gasteiger charge is -2.16. The van der Waals surface area contributed by atoms with Crippen LogP contribution < -0.4 is 4.74 Å². The Bertz CT molecular complexity index is 1220. The molecule has 0 N–H and O–H groups in total. The van der Waals surface area contributed by atoms with E-state index in [1.54, 1.807) is 36.4 Å². The van der Waals surface area contributed by atoms with Gasteiger partial charge in [-0.05, 0) is 75.2 Å². The third kappa shape index (κ3) is 7.29. The molecule has 4 nitrogen and oxygen atoms in total. The summed E-state index contributed by atoms with van der Waals surface area (Å²) in [6, 6.07) is 17.7. The molecule has 0 aliphatic carbocycles. The summed E-state index contributed by atoms with van der Waals surface area (Å²) in [6.07, 6.45) is -1.43. The summed E-state index contributed by atoms with van der Waals surface area (Å²) < 4.78 is 46.8. The van der Waals surface area contributed by atoms with Crippen LogP contribution in [0.3, 0.4) is 0 Å². The van der Waals surface area contributed by atoms with Gasteiger partial charge in [-0.25, -0.2) is 0 Å². The molecular weight excluding hydrogens is 465 g/mol. The van der Waals surface area contributed by atoms with Crippen molar-refractivity contribution in [1.82, 2.24) is 9.80 Å². The van der Waals surface area contributed by atoms with Gasteiger partial charge >= 0.3 is 6.18 Å². The number of hydrogen-bond acceptors (Lipinski definition) is 4. The van der Waals surface area contributed by atoms with Crippen molar-refractivity contribution in [3.05, 3.63) is 95.1 Å². The van der Waals surface area contributed by atoms with Gasteiger partial charge in [-0.15, -0.1) is 0 Å². The number of allylic oxidation sites excluding steroid dienone is 1. The topological polar surface area (TPSA) is 32.8 Å². The number of rotatable bonds is 10. The number of alkyl halides is 3. The Hall–Kier alpha value is -3.42. The number of carbonyl (C=O) groups excluding carboxylic acids is 1. The van der Waals surface area contributed by atoms with Gasteiger partial charge in [0.25, 0.3) is 0 Å². The van der Waals surface area contributed by atoms with Gasteiger partial charge in [0.1, 0.15) is 12.4 Å². The van der Waals surface area contributed by atoms with Gasteiger partial charge in [0.15, 0.2) is 5.78 Å². The average molecular weight is 497 g/mol. The van der Waals surface area contributed by atoms with Crippen molar-refractivity contribution in [3.63, 3.8) is 0 Å². The molecule has 0 heterocycles. The molecule has 3 rings (SSSR count). The van der Waals surface area contributed by atoms with Crippen molar-refractivity contribution in [2.45, 2.75) is 12.7 Å². The van der Waals surface area contributed by atoms with Gasteiger partial charge in [-0.1, -0.05) is 48.5 Å². The molecule has 0 aliphatic heterocycles. The first-order valence-corrected chi connectivity index (χ1v) is 11.6. The quantitative estimate of drug-likeness (QED) is 0.245. The van der Waals surface area contributed by atoms with Crippen LogP contribution in [0.25, 0.3) is 17.2 Å². The number of ketones is 1. The van der Waals surface area contributed by atoms with E-state index >= 15 is 0 Å². The van der Waals surface area contributed by atoms with E-state index in [0.717, 1.165) is 11.6 Å². The third-order valence-corrected chi connectivity index (χ3v) is 5.53. The molecule has 0 amide bonds. The van der Waals surface area contributed by atoms with E-state index in [4.69, 9.17) is 4.74 Å². The first kappa shape index (κ1) is 27.2. The summed E-state index contributed by atoms with van der Waals surface area (Å²) in [4.78, 5) is 17.0. The number of benzene rings is 3. The highest BCUT2D eigenvalue weighted by Crippen LogP contribution is 2.38. The fraction of sp³-hybridized carbons (Fsp3) is 0.276. The molecule has 0 radical (unpaired) electrons. The van der Waals surface area contributed by atoms with E-state index < -0.39 is 11.7 Å². The van der Waals surface area contributed by atoms with Gasteiger partial charge in [0.2, 0.25) is 0 Å². The van der Waals surface area contributed by atoms with Gasteiger partial charge < -0.3 is 14.5 Å². The fourth-order valence-electron chi connectivity index (χ4n) is 3.79. The molecule has 0 atom stereocenters. The lowest BCUT2D eigenvalue weighted by molar-refractivity contribution is -0.137. The zero-order valence-corrected chi connectivity index (χ0v) is 21.0. The van der Waals surface area contributed by atoms with Crippen LogP contribution in [0.1, 0.15) is 27.0 Å². The number of carbonyl (C=O) groups is 1. The molecule has 3 aromatic rings. The van der Waals surface area contributed by atoms with E-state index in [0.29, 0.717) is 42.1 Å². The molecule has 7 heteroatoms. The SMILES string of the molecule is CN(C)CCOc1ccc(-c2ccccc2C(F)(F)F)cc1/C=C/C(=O)c1ccccc1CN(C)C. The van der Waals surface area contributed by atoms with Crippen LogP contribution in [0, 0.1) is 0 Å². The Morgan fingerprint density at radius 3 is 2.31 bits per heavy atom. The third-order valence-electron chi connectivity index (χ3n) is 5.53. The smallest absolute Gasteiger partial charge is 0.417 e. The van der Waals surface area contributed by atoms with Crippen LogP contribution in [-0.2, 0) is 12.7 Å². The molecule has 3 aromatic carbocycles. The second kappa shape index (κ2) is 12.0. The maximum atomic E-state index is 13.6. The molecule has 190 valence electrons. The average Bonchev–Trinajstić information content (AvgIpc) is 2.82. The summed E-state index contributed by atoms with van der Waals surface area (Å²) in [5.74, 6) is 0.309. The van der Waals surface area contributed by atoms with Crippen LogP contribution in [-0.4, -0.2) is 56.9 Å². The molecule has 0 saturated carbocycles. The predicted octanol–water partition coefficient (Wildman–Crippen LogP) is 6.27. The second-order valence-corrected chi connectivity index (χ2v) is 9.04. The Labute approximate surface area is 210 Å². The van der Waals surface area contributed by atoms with Crippen molar-refractivity contribution in [1.29, 1.82) is 0 Å². The van der Waals surface area contributed by atoms with E-state index in [-0.39, 0.29) is 11.3 Å². The molecule has 0 fully saturated rings. The Balaban J connectivity index is 2.00.